The predicted molar refractivity (Wildman–Crippen MR) is 116 cm³/mol. The van der Waals surface area contributed by atoms with E-state index in [1.165, 1.54) is 16.9 Å². The highest BCUT2D eigenvalue weighted by molar-refractivity contribution is 7.71. The molecule has 0 bridgehead atoms. The van der Waals surface area contributed by atoms with Crippen LogP contribution >= 0.6 is 23.6 Å². The lowest BCUT2D eigenvalue weighted by atomic mass is 10.1. The molecule has 0 fully saturated rings. The second-order valence-corrected chi connectivity index (χ2v) is 7.83. The minimum Gasteiger partial charge on any atom is -0.298 e. The molecule has 0 spiro atoms. The fraction of sp³-hybridized carbons (Fsp3) is 0.300. The van der Waals surface area contributed by atoms with Crippen LogP contribution in [0.1, 0.15) is 41.4 Å². The normalized spacial score (nSPS) is 10.8. The van der Waals surface area contributed by atoms with Crippen molar-refractivity contribution in [3.05, 3.63) is 58.5 Å². The lowest BCUT2D eigenvalue weighted by molar-refractivity contribution is 0.102. The zero-order valence-electron chi connectivity index (χ0n) is 16.0. The summed E-state index contributed by atoms with van der Waals surface area (Å²) in [4.78, 5) is 17.9. The Kier molecular flexibility index (Phi) is 6.53. The van der Waals surface area contributed by atoms with Crippen molar-refractivity contribution in [1.29, 1.82) is 0 Å². The van der Waals surface area contributed by atoms with Crippen LogP contribution in [-0.2, 0) is 13.0 Å². The van der Waals surface area contributed by atoms with Crippen molar-refractivity contribution in [2.24, 2.45) is 0 Å². The van der Waals surface area contributed by atoms with Gasteiger partial charge in [0.1, 0.15) is 0 Å². The molecule has 2 aromatic heterocycles. The van der Waals surface area contributed by atoms with Crippen molar-refractivity contribution in [3.63, 3.8) is 0 Å². The van der Waals surface area contributed by atoms with Gasteiger partial charge in [0.2, 0.25) is 0 Å². The summed E-state index contributed by atoms with van der Waals surface area (Å²) in [5.41, 5.74) is 2.65. The Bertz CT molecular complexity index is 1030. The topological polar surface area (TPSA) is 75.6 Å². The molecule has 146 valence electrons. The molecule has 8 heteroatoms. The molecule has 0 aliphatic carbocycles. The van der Waals surface area contributed by atoms with Crippen molar-refractivity contribution in [2.75, 3.05) is 5.32 Å². The van der Waals surface area contributed by atoms with E-state index < -0.39 is 0 Å². The van der Waals surface area contributed by atoms with Gasteiger partial charge in [-0.25, -0.2) is 4.98 Å². The first-order chi connectivity index (χ1) is 13.5. The molecule has 3 rings (SSSR count). The average molecular weight is 414 g/mol. The van der Waals surface area contributed by atoms with Crippen LogP contribution in [0.3, 0.4) is 0 Å². The zero-order chi connectivity index (χ0) is 20.1. The van der Waals surface area contributed by atoms with Crippen molar-refractivity contribution in [3.8, 4) is 10.7 Å². The minimum atomic E-state index is -0.174. The highest BCUT2D eigenvalue weighted by Gasteiger charge is 2.17. The first kappa shape index (κ1) is 20.2. The Morgan fingerprint density at radius 1 is 1.39 bits per heavy atom. The smallest absolute Gasteiger partial charge is 0.257 e. The van der Waals surface area contributed by atoms with Gasteiger partial charge in [-0.15, -0.1) is 6.58 Å². The number of aryl methyl sites for hydroxylation is 2. The van der Waals surface area contributed by atoms with Crippen LogP contribution in [0.5, 0.6) is 0 Å². The largest absolute Gasteiger partial charge is 0.298 e. The third kappa shape index (κ3) is 4.45. The molecule has 0 radical (unpaired) electrons. The van der Waals surface area contributed by atoms with Crippen molar-refractivity contribution < 1.29 is 4.79 Å². The SMILES string of the molecule is C=CCn1c(-c2sc(NC(=O)c3ccc(CCCC)cc3)nc2C)n[nH]c1=S. The fourth-order valence-electron chi connectivity index (χ4n) is 2.82. The average Bonchev–Trinajstić information content (AvgIpc) is 3.23. The van der Waals surface area contributed by atoms with Gasteiger partial charge in [0.25, 0.3) is 5.91 Å². The van der Waals surface area contributed by atoms with Crippen LogP contribution in [0.4, 0.5) is 5.13 Å². The van der Waals surface area contributed by atoms with E-state index in [2.05, 4.69) is 34.0 Å². The van der Waals surface area contributed by atoms with Crippen LogP contribution in [0.25, 0.3) is 10.7 Å². The summed E-state index contributed by atoms with van der Waals surface area (Å²) in [5.74, 6) is 0.521. The molecule has 0 saturated heterocycles. The Hall–Kier alpha value is -2.58. The number of aromatic amines is 1. The molecule has 0 unspecified atom stereocenters. The van der Waals surface area contributed by atoms with E-state index in [0.717, 1.165) is 29.8 Å². The first-order valence-electron chi connectivity index (χ1n) is 9.17. The molecule has 0 atom stereocenters. The van der Waals surface area contributed by atoms with Gasteiger partial charge in [-0.1, -0.05) is 42.9 Å². The third-order valence-electron chi connectivity index (χ3n) is 4.33. The van der Waals surface area contributed by atoms with Crippen LogP contribution in [-0.4, -0.2) is 25.7 Å². The lowest BCUT2D eigenvalue weighted by Crippen LogP contribution is -2.11. The van der Waals surface area contributed by atoms with Gasteiger partial charge in [-0.2, -0.15) is 5.10 Å². The van der Waals surface area contributed by atoms with Crippen molar-refractivity contribution in [2.45, 2.75) is 39.7 Å². The van der Waals surface area contributed by atoms with E-state index in [1.54, 1.807) is 6.08 Å². The number of benzene rings is 1. The minimum absolute atomic E-state index is 0.174. The summed E-state index contributed by atoms with van der Waals surface area (Å²) in [5, 5.41) is 10.5. The number of hydrogen-bond acceptors (Lipinski definition) is 5. The number of carbonyl (C=O) groups is 1. The van der Waals surface area contributed by atoms with E-state index in [-0.39, 0.29) is 5.91 Å². The molecule has 1 amide bonds. The molecule has 0 saturated carbocycles. The lowest BCUT2D eigenvalue weighted by Gasteiger charge is -2.04. The Morgan fingerprint density at radius 2 is 2.14 bits per heavy atom. The van der Waals surface area contributed by atoms with Gasteiger partial charge in [0.15, 0.2) is 15.7 Å². The zero-order valence-corrected chi connectivity index (χ0v) is 17.6. The monoisotopic (exact) mass is 413 g/mol. The number of H-pyrrole nitrogens is 1. The van der Waals surface area contributed by atoms with Crippen LogP contribution in [0.2, 0.25) is 0 Å². The van der Waals surface area contributed by atoms with Crippen LogP contribution in [0, 0.1) is 11.7 Å². The highest BCUT2D eigenvalue weighted by Crippen LogP contribution is 2.32. The number of anilines is 1. The number of nitrogens with one attached hydrogen (secondary N) is 2. The number of nitrogens with zero attached hydrogens (tertiary/aromatic N) is 3. The van der Waals surface area contributed by atoms with Gasteiger partial charge < -0.3 is 0 Å². The molecule has 2 N–H and O–H groups in total. The highest BCUT2D eigenvalue weighted by atomic mass is 32.1. The molecular weight excluding hydrogens is 390 g/mol. The summed E-state index contributed by atoms with van der Waals surface area (Å²) in [6.45, 7) is 8.37. The maximum Gasteiger partial charge on any atom is 0.257 e. The standard InChI is InChI=1S/C20H23N5OS2/c1-4-6-7-14-8-10-15(11-9-14)18(26)22-19-21-13(3)16(28-19)17-23-24-20(27)25(17)12-5-2/h5,8-11H,2,4,6-7,12H2,1,3H3,(H,24,27)(H,21,22,26). The summed E-state index contributed by atoms with van der Waals surface area (Å²) in [6, 6.07) is 7.74. The van der Waals surface area contributed by atoms with Gasteiger partial charge >= 0.3 is 0 Å². The maximum atomic E-state index is 12.6. The van der Waals surface area contributed by atoms with Crippen molar-refractivity contribution in [1.82, 2.24) is 19.7 Å². The molecule has 0 aliphatic heterocycles. The molecule has 2 heterocycles. The third-order valence-corrected chi connectivity index (χ3v) is 5.71. The number of aromatic nitrogens is 4. The fourth-order valence-corrected chi connectivity index (χ4v) is 3.99. The maximum absolute atomic E-state index is 12.6. The summed E-state index contributed by atoms with van der Waals surface area (Å²) >= 11 is 6.65. The molecular formula is C20H23N5OS2. The molecule has 0 aliphatic rings. The van der Waals surface area contributed by atoms with Crippen LogP contribution < -0.4 is 5.32 Å². The van der Waals surface area contributed by atoms with Gasteiger partial charge in [0, 0.05) is 12.1 Å². The van der Waals surface area contributed by atoms with E-state index >= 15 is 0 Å². The molecule has 28 heavy (non-hydrogen) atoms. The summed E-state index contributed by atoms with van der Waals surface area (Å²) in [6.07, 6.45) is 5.10. The predicted octanol–water partition coefficient (Wildman–Crippen LogP) is 5.15. The Balaban J connectivity index is 1.77. The molecule has 1 aromatic carbocycles. The van der Waals surface area contributed by atoms with E-state index in [4.69, 9.17) is 12.2 Å². The van der Waals surface area contributed by atoms with E-state index in [9.17, 15) is 4.79 Å². The van der Waals surface area contributed by atoms with E-state index in [1.807, 2.05) is 35.8 Å². The van der Waals surface area contributed by atoms with Gasteiger partial charge in [0.05, 0.1) is 10.6 Å². The van der Waals surface area contributed by atoms with Gasteiger partial charge in [-0.3, -0.25) is 19.8 Å². The second kappa shape index (κ2) is 9.07. The number of rotatable bonds is 8. The second-order valence-electron chi connectivity index (χ2n) is 6.44. The summed E-state index contributed by atoms with van der Waals surface area (Å²) in [7, 11) is 0. The Morgan fingerprint density at radius 3 is 2.82 bits per heavy atom. The number of thiazole rings is 1. The number of carbonyl (C=O) groups excluding carboxylic acids is 1. The number of unbranched alkanes of at least 4 members (excludes halogenated alkanes) is 1. The summed E-state index contributed by atoms with van der Waals surface area (Å²) < 4.78 is 2.38. The van der Waals surface area contributed by atoms with Gasteiger partial charge in [-0.05, 0) is 49.7 Å². The van der Waals surface area contributed by atoms with E-state index in [0.29, 0.717) is 27.8 Å². The quantitative estimate of drug-likeness (QED) is 0.395. The van der Waals surface area contributed by atoms with Crippen molar-refractivity contribution >= 4 is 34.6 Å². The Labute approximate surface area is 173 Å². The number of hydrogen-bond donors (Lipinski definition) is 2. The van der Waals surface area contributed by atoms with Crippen LogP contribution in [0.15, 0.2) is 36.9 Å². The molecule has 3 aromatic rings. The first-order valence-corrected chi connectivity index (χ1v) is 10.4. The number of amides is 1. The molecule has 6 nitrogen and oxygen atoms in total. The number of allylic oxidation sites excluding steroid dienone is 1.